The van der Waals surface area contributed by atoms with Crippen LogP contribution in [0.2, 0.25) is 0 Å². The lowest BCUT2D eigenvalue weighted by Gasteiger charge is -2.02. The number of H-pyrrole nitrogens is 1. The van der Waals surface area contributed by atoms with Crippen LogP contribution in [-0.2, 0) is 11.2 Å². The van der Waals surface area contributed by atoms with Crippen molar-refractivity contribution < 1.29 is 4.79 Å². The molecule has 0 saturated heterocycles. The van der Waals surface area contributed by atoms with Crippen LogP contribution in [0.4, 0.5) is 5.82 Å². The lowest BCUT2D eigenvalue weighted by Crippen LogP contribution is -2.15. The van der Waals surface area contributed by atoms with E-state index in [1.165, 1.54) is 6.20 Å². The third-order valence-corrected chi connectivity index (χ3v) is 2.23. The second-order valence-corrected chi connectivity index (χ2v) is 3.48. The number of nitrogens with zero attached hydrogens (tertiary/aromatic N) is 2. The predicted molar refractivity (Wildman–Crippen MR) is 62.1 cm³/mol. The number of carbonyl (C=O) groups is 1. The van der Waals surface area contributed by atoms with Crippen molar-refractivity contribution >= 4 is 11.7 Å². The standard InChI is InChI=1S/C12H10N4O/c13-7-10-8-14-16-12(10)15-11(17)6-9-4-2-1-3-5-9/h1-5,8H,6H2,(H2,14,15,16,17). The van der Waals surface area contributed by atoms with E-state index >= 15 is 0 Å². The zero-order valence-corrected chi connectivity index (χ0v) is 8.97. The molecule has 5 nitrogen and oxygen atoms in total. The first-order chi connectivity index (χ1) is 8.29. The van der Waals surface area contributed by atoms with E-state index in [4.69, 9.17) is 5.26 Å². The van der Waals surface area contributed by atoms with Gasteiger partial charge in [-0.1, -0.05) is 30.3 Å². The summed E-state index contributed by atoms with van der Waals surface area (Å²) in [4.78, 5) is 11.7. The number of carbonyl (C=O) groups excluding carboxylic acids is 1. The van der Waals surface area contributed by atoms with Crippen molar-refractivity contribution in [1.82, 2.24) is 10.2 Å². The Morgan fingerprint density at radius 3 is 2.88 bits per heavy atom. The highest BCUT2D eigenvalue weighted by Crippen LogP contribution is 2.09. The zero-order chi connectivity index (χ0) is 12.1. The van der Waals surface area contributed by atoms with Crippen LogP contribution in [0.15, 0.2) is 36.5 Å². The average molecular weight is 226 g/mol. The van der Waals surface area contributed by atoms with Gasteiger partial charge in [0.25, 0.3) is 0 Å². The molecule has 0 fully saturated rings. The van der Waals surface area contributed by atoms with Crippen LogP contribution in [0.25, 0.3) is 0 Å². The molecule has 0 aliphatic rings. The monoisotopic (exact) mass is 226 g/mol. The summed E-state index contributed by atoms with van der Waals surface area (Å²) in [5, 5.41) is 17.6. The van der Waals surface area contributed by atoms with Crippen LogP contribution < -0.4 is 5.32 Å². The summed E-state index contributed by atoms with van der Waals surface area (Å²) >= 11 is 0. The van der Waals surface area contributed by atoms with E-state index in [2.05, 4.69) is 15.5 Å². The topological polar surface area (TPSA) is 81.6 Å². The number of hydrogen-bond donors (Lipinski definition) is 2. The molecule has 1 aromatic heterocycles. The molecule has 5 heteroatoms. The molecule has 0 atom stereocenters. The Morgan fingerprint density at radius 1 is 1.41 bits per heavy atom. The highest BCUT2D eigenvalue weighted by molar-refractivity contribution is 5.92. The molecule has 0 aliphatic carbocycles. The van der Waals surface area contributed by atoms with Crippen LogP contribution in [0.1, 0.15) is 11.1 Å². The van der Waals surface area contributed by atoms with E-state index in [0.717, 1.165) is 5.56 Å². The fourth-order valence-electron chi connectivity index (χ4n) is 1.43. The first-order valence-electron chi connectivity index (χ1n) is 5.07. The molecular weight excluding hydrogens is 216 g/mol. The van der Waals surface area contributed by atoms with Gasteiger partial charge in [-0.25, -0.2) is 0 Å². The molecule has 2 aromatic rings. The number of benzene rings is 1. The van der Waals surface area contributed by atoms with Gasteiger partial charge in [0.2, 0.25) is 5.91 Å². The van der Waals surface area contributed by atoms with Crippen molar-refractivity contribution in [3.05, 3.63) is 47.7 Å². The number of aromatic nitrogens is 2. The summed E-state index contributed by atoms with van der Waals surface area (Å²) in [5.41, 5.74) is 1.24. The third-order valence-electron chi connectivity index (χ3n) is 2.23. The van der Waals surface area contributed by atoms with E-state index in [9.17, 15) is 4.79 Å². The molecule has 1 amide bonds. The second-order valence-electron chi connectivity index (χ2n) is 3.48. The maximum absolute atomic E-state index is 11.7. The van der Waals surface area contributed by atoms with Crippen LogP contribution in [0.5, 0.6) is 0 Å². The smallest absolute Gasteiger partial charge is 0.229 e. The number of anilines is 1. The number of nitriles is 1. The Balaban J connectivity index is 2.01. The van der Waals surface area contributed by atoms with Crippen LogP contribution >= 0.6 is 0 Å². The van der Waals surface area contributed by atoms with E-state index in [-0.39, 0.29) is 12.3 Å². The molecule has 1 heterocycles. The van der Waals surface area contributed by atoms with Gasteiger partial charge in [0, 0.05) is 0 Å². The quantitative estimate of drug-likeness (QED) is 0.831. The molecular formula is C12H10N4O. The fraction of sp³-hybridized carbons (Fsp3) is 0.0833. The molecule has 0 aliphatic heterocycles. The number of amides is 1. The number of nitrogens with one attached hydrogen (secondary N) is 2. The van der Waals surface area contributed by atoms with Gasteiger partial charge in [0.05, 0.1) is 12.6 Å². The van der Waals surface area contributed by atoms with Crippen molar-refractivity contribution in [3.63, 3.8) is 0 Å². The first-order valence-corrected chi connectivity index (χ1v) is 5.07. The lowest BCUT2D eigenvalue weighted by molar-refractivity contribution is -0.115. The summed E-state index contributed by atoms with van der Waals surface area (Å²) in [6, 6.07) is 11.3. The maximum atomic E-state index is 11.7. The minimum absolute atomic E-state index is 0.183. The number of aromatic amines is 1. The van der Waals surface area contributed by atoms with Gasteiger partial charge in [0.1, 0.15) is 17.5 Å². The van der Waals surface area contributed by atoms with Gasteiger partial charge in [0.15, 0.2) is 0 Å². The van der Waals surface area contributed by atoms with Crippen molar-refractivity contribution in [2.24, 2.45) is 0 Å². The van der Waals surface area contributed by atoms with Crippen LogP contribution in [0, 0.1) is 11.3 Å². The first kappa shape index (κ1) is 10.9. The summed E-state index contributed by atoms with van der Waals surface area (Å²) in [6.07, 6.45) is 1.64. The third kappa shape index (κ3) is 2.69. The Hall–Kier alpha value is -2.61. The van der Waals surface area contributed by atoms with Gasteiger partial charge in [-0.15, -0.1) is 0 Å². The van der Waals surface area contributed by atoms with E-state index in [0.29, 0.717) is 11.4 Å². The molecule has 0 unspecified atom stereocenters. The fourth-order valence-corrected chi connectivity index (χ4v) is 1.43. The molecule has 84 valence electrons. The summed E-state index contributed by atoms with van der Waals surface area (Å²) in [7, 11) is 0. The van der Waals surface area contributed by atoms with Crippen molar-refractivity contribution in [1.29, 1.82) is 5.26 Å². The van der Waals surface area contributed by atoms with E-state index in [1.807, 2.05) is 36.4 Å². The molecule has 2 rings (SSSR count). The molecule has 1 aromatic carbocycles. The maximum Gasteiger partial charge on any atom is 0.229 e. The molecule has 0 saturated carbocycles. The largest absolute Gasteiger partial charge is 0.310 e. The van der Waals surface area contributed by atoms with Gasteiger partial charge in [-0.05, 0) is 5.56 Å². The van der Waals surface area contributed by atoms with Gasteiger partial charge < -0.3 is 5.32 Å². The van der Waals surface area contributed by atoms with Crippen molar-refractivity contribution in [3.8, 4) is 6.07 Å². The van der Waals surface area contributed by atoms with E-state index < -0.39 is 0 Å². The molecule has 0 bridgehead atoms. The van der Waals surface area contributed by atoms with E-state index in [1.54, 1.807) is 0 Å². The Labute approximate surface area is 98.1 Å². The van der Waals surface area contributed by atoms with Gasteiger partial charge in [-0.3, -0.25) is 9.89 Å². The SMILES string of the molecule is N#Cc1cn[nH]c1NC(=O)Cc1ccccc1. The summed E-state index contributed by atoms with van der Waals surface area (Å²) in [5.74, 6) is 0.158. The highest BCUT2D eigenvalue weighted by Gasteiger charge is 2.08. The number of hydrogen-bond acceptors (Lipinski definition) is 3. The Kier molecular flexibility index (Phi) is 3.17. The van der Waals surface area contributed by atoms with Crippen LogP contribution in [-0.4, -0.2) is 16.1 Å². The lowest BCUT2D eigenvalue weighted by atomic mass is 10.1. The molecule has 17 heavy (non-hydrogen) atoms. The molecule has 0 radical (unpaired) electrons. The van der Waals surface area contributed by atoms with Crippen molar-refractivity contribution in [2.75, 3.05) is 5.32 Å². The summed E-state index contributed by atoms with van der Waals surface area (Å²) in [6.45, 7) is 0. The minimum Gasteiger partial charge on any atom is -0.310 e. The molecule has 2 N–H and O–H groups in total. The average Bonchev–Trinajstić information content (AvgIpc) is 2.77. The normalized spacial score (nSPS) is 9.59. The molecule has 0 spiro atoms. The predicted octanol–water partition coefficient (Wildman–Crippen LogP) is 1.46. The number of rotatable bonds is 3. The zero-order valence-electron chi connectivity index (χ0n) is 8.97. The summed E-state index contributed by atoms with van der Waals surface area (Å²) < 4.78 is 0. The van der Waals surface area contributed by atoms with Crippen molar-refractivity contribution in [2.45, 2.75) is 6.42 Å². The Morgan fingerprint density at radius 2 is 2.18 bits per heavy atom. The van der Waals surface area contributed by atoms with Crippen LogP contribution in [0.3, 0.4) is 0 Å². The Bertz CT molecular complexity index is 553. The van der Waals surface area contributed by atoms with Gasteiger partial charge >= 0.3 is 0 Å². The second kappa shape index (κ2) is 4.94. The van der Waals surface area contributed by atoms with Gasteiger partial charge in [-0.2, -0.15) is 10.4 Å². The highest BCUT2D eigenvalue weighted by atomic mass is 16.1. The minimum atomic E-state index is -0.183.